The highest BCUT2D eigenvalue weighted by molar-refractivity contribution is 5.79. The molecule has 106 valence electrons. The van der Waals surface area contributed by atoms with Crippen LogP contribution in [0.3, 0.4) is 0 Å². The van der Waals surface area contributed by atoms with Crippen molar-refractivity contribution in [3.63, 3.8) is 0 Å². The predicted molar refractivity (Wildman–Crippen MR) is 78.7 cm³/mol. The van der Waals surface area contributed by atoms with Crippen molar-refractivity contribution in [2.45, 2.75) is 13.8 Å². The number of rotatable bonds is 7. The Hall–Kier alpha value is -2.43. The molecular formula is C15H18N2O3. The van der Waals surface area contributed by atoms with Crippen LogP contribution in [0.5, 0.6) is 11.6 Å². The normalized spacial score (nSPS) is 11.9. The van der Waals surface area contributed by atoms with E-state index in [1.807, 2.05) is 19.9 Å². The predicted octanol–water partition coefficient (Wildman–Crippen LogP) is 2.83. The van der Waals surface area contributed by atoms with Gasteiger partial charge in [-0.05, 0) is 31.7 Å². The van der Waals surface area contributed by atoms with E-state index in [2.05, 4.69) is 16.7 Å². The van der Waals surface area contributed by atoms with E-state index in [1.165, 1.54) is 19.4 Å². The van der Waals surface area contributed by atoms with Crippen molar-refractivity contribution in [3.05, 3.63) is 41.2 Å². The van der Waals surface area contributed by atoms with Crippen LogP contribution in [0, 0.1) is 0 Å². The molecule has 0 atom stereocenters. The van der Waals surface area contributed by atoms with Gasteiger partial charge in [0.2, 0.25) is 5.88 Å². The standard InChI is InChI=1S/C15H18N2O3/c1-5-12(11(2)7-16-3)10-20-14-8-17-15(19-4)6-13(14)9-18/h5-9H,3,10H2,1-2,4H3/b11-7-,12-5-. The van der Waals surface area contributed by atoms with Crippen molar-refractivity contribution in [1.29, 1.82) is 0 Å². The van der Waals surface area contributed by atoms with Crippen LogP contribution in [-0.4, -0.2) is 31.7 Å². The van der Waals surface area contributed by atoms with Crippen LogP contribution >= 0.6 is 0 Å². The fourth-order valence-electron chi connectivity index (χ4n) is 1.56. The Labute approximate surface area is 118 Å². The van der Waals surface area contributed by atoms with Crippen molar-refractivity contribution in [3.8, 4) is 11.6 Å². The van der Waals surface area contributed by atoms with Gasteiger partial charge >= 0.3 is 0 Å². The molecule has 1 aromatic rings. The molecule has 0 aliphatic carbocycles. The number of aromatic nitrogens is 1. The summed E-state index contributed by atoms with van der Waals surface area (Å²) in [5.74, 6) is 0.789. The van der Waals surface area contributed by atoms with E-state index in [-0.39, 0.29) is 0 Å². The fraction of sp³-hybridized carbons (Fsp3) is 0.267. The summed E-state index contributed by atoms with van der Waals surface area (Å²) in [7, 11) is 1.49. The van der Waals surface area contributed by atoms with Crippen molar-refractivity contribution in [1.82, 2.24) is 4.98 Å². The van der Waals surface area contributed by atoms with Gasteiger partial charge in [-0.1, -0.05) is 6.08 Å². The van der Waals surface area contributed by atoms with Gasteiger partial charge in [0.1, 0.15) is 12.4 Å². The zero-order chi connectivity index (χ0) is 15.0. The molecule has 0 bridgehead atoms. The summed E-state index contributed by atoms with van der Waals surface area (Å²) in [6.45, 7) is 7.57. The minimum absolute atomic E-state index is 0.323. The Balaban J connectivity index is 2.86. The molecule has 0 amide bonds. The van der Waals surface area contributed by atoms with Gasteiger partial charge in [0.15, 0.2) is 6.29 Å². The minimum atomic E-state index is 0.323. The zero-order valence-corrected chi connectivity index (χ0v) is 11.9. The van der Waals surface area contributed by atoms with E-state index in [0.29, 0.717) is 30.1 Å². The smallest absolute Gasteiger partial charge is 0.213 e. The van der Waals surface area contributed by atoms with Crippen LogP contribution < -0.4 is 9.47 Å². The molecule has 0 aromatic carbocycles. The van der Waals surface area contributed by atoms with E-state index in [9.17, 15) is 4.79 Å². The topological polar surface area (TPSA) is 60.8 Å². The number of pyridine rings is 1. The Morgan fingerprint density at radius 1 is 1.55 bits per heavy atom. The molecule has 20 heavy (non-hydrogen) atoms. The Morgan fingerprint density at radius 3 is 2.85 bits per heavy atom. The lowest BCUT2D eigenvalue weighted by Gasteiger charge is -2.11. The van der Waals surface area contributed by atoms with Gasteiger partial charge in [0.05, 0.1) is 18.9 Å². The van der Waals surface area contributed by atoms with E-state index in [1.54, 1.807) is 6.20 Å². The quantitative estimate of drug-likeness (QED) is 0.436. The Kier molecular flexibility index (Phi) is 6.16. The number of aldehydes is 1. The van der Waals surface area contributed by atoms with Gasteiger partial charge in [0, 0.05) is 12.3 Å². The maximum absolute atomic E-state index is 11.0. The first-order valence-corrected chi connectivity index (χ1v) is 6.06. The van der Waals surface area contributed by atoms with Crippen molar-refractivity contribution in [2.75, 3.05) is 13.7 Å². The number of hydrogen-bond donors (Lipinski definition) is 0. The molecule has 5 nitrogen and oxygen atoms in total. The second-order valence-electron chi connectivity index (χ2n) is 3.98. The molecule has 0 N–H and O–H groups in total. The van der Waals surface area contributed by atoms with E-state index < -0.39 is 0 Å². The van der Waals surface area contributed by atoms with Gasteiger partial charge < -0.3 is 9.47 Å². The summed E-state index contributed by atoms with van der Waals surface area (Å²) in [5, 5.41) is 0. The summed E-state index contributed by atoms with van der Waals surface area (Å²) in [6, 6.07) is 1.53. The van der Waals surface area contributed by atoms with E-state index in [0.717, 1.165) is 11.1 Å². The number of hydrogen-bond acceptors (Lipinski definition) is 5. The summed E-state index contributed by atoms with van der Waals surface area (Å²) in [4.78, 5) is 18.8. The number of carbonyl (C=O) groups is 1. The lowest BCUT2D eigenvalue weighted by atomic mass is 10.1. The maximum atomic E-state index is 11.0. The number of nitrogens with zero attached hydrogens (tertiary/aromatic N) is 2. The molecule has 0 unspecified atom stereocenters. The van der Waals surface area contributed by atoms with Gasteiger partial charge in [-0.15, -0.1) is 0 Å². The van der Waals surface area contributed by atoms with Crippen LogP contribution in [0.1, 0.15) is 24.2 Å². The maximum Gasteiger partial charge on any atom is 0.213 e. The van der Waals surface area contributed by atoms with Crippen LogP contribution in [0.4, 0.5) is 0 Å². The number of ether oxygens (including phenoxy) is 2. The first kappa shape index (κ1) is 15.6. The van der Waals surface area contributed by atoms with Crippen LogP contribution in [0.25, 0.3) is 0 Å². The third kappa shape index (κ3) is 4.05. The number of aliphatic imine (C=N–C) groups is 1. The molecule has 0 radical (unpaired) electrons. The molecule has 0 aliphatic heterocycles. The largest absolute Gasteiger partial charge is 0.487 e. The molecular weight excluding hydrogens is 256 g/mol. The second-order valence-corrected chi connectivity index (χ2v) is 3.98. The highest BCUT2D eigenvalue weighted by atomic mass is 16.5. The molecule has 0 spiro atoms. The highest BCUT2D eigenvalue weighted by Crippen LogP contribution is 2.21. The van der Waals surface area contributed by atoms with Crippen LogP contribution in [0.2, 0.25) is 0 Å². The average molecular weight is 274 g/mol. The third-order valence-corrected chi connectivity index (χ3v) is 2.73. The van der Waals surface area contributed by atoms with Gasteiger partial charge in [-0.3, -0.25) is 9.79 Å². The SMILES string of the molecule is C=N/C=C(C)\C(=C/C)COc1cnc(OC)cc1C=O. The number of carbonyl (C=O) groups excluding carboxylic acids is 1. The monoisotopic (exact) mass is 274 g/mol. The lowest BCUT2D eigenvalue weighted by molar-refractivity contribution is 0.111. The summed E-state index contributed by atoms with van der Waals surface area (Å²) < 4.78 is 10.6. The molecule has 0 fully saturated rings. The van der Waals surface area contributed by atoms with E-state index in [4.69, 9.17) is 9.47 Å². The minimum Gasteiger partial charge on any atom is -0.487 e. The molecule has 0 aliphatic rings. The van der Waals surface area contributed by atoms with Gasteiger partial charge in [0.25, 0.3) is 0 Å². The average Bonchev–Trinajstić information content (AvgIpc) is 2.48. The lowest BCUT2D eigenvalue weighted by Crippen LogP contribution is -2.05. The van der Waals surface area contributed by atoms with Crippen molar-refractivity contribution in [2.24, 2.45) is 4.99 Å². The van der Waals surface area contributed by atoms with Crippen LogP contribution in [0.15, 0.2) is 40.7 Å². The molecule has 1 heterocycles. The van der Waals surface area contributed by atoms with Gasteiger partial charge in [-0.25, -0.2) is 4.98 Å². The molecule has 0 saturated heterocycles. The zero-order valence-electron chi connectivity index (χ0n) is 11.9. The highest BCUT2D eigenvalue weighted by Gasteiger charge is 2.08. The second kappa shape index (κ2) is 7.89. The first-order valence-electron chi connectivity index (χ1n) is 6.06. The fourth-order valence-corrected chi connectivity index (χ4v) is 1.56. The first-order chi connectivity index (χ1) is 9.65. The molecule has 1 rings (SSSR count). The summed E-state index contributed by atoms with van der Waals surface area (Å²) in [6.07, 6.45) is 5.77. The van der Waals surface area contributed by atoms with Crippen LogP contribution in [-0.2, 0) is 0 Å². The van der Waals surface area contributed by atoms with E-state index >= 15 is 0 Å². The number of allylic oxidation sites excluding steroid dienone is 1. The van der Waals surface area contributed by atoms with Crippen molar-refractivity contribution < 1.29 is 14.3 Å². The summed E-state index contributed by atoms with van der Waals surface area (Å²) >= 11 is 0. The van der Waals surface area contributed by atoms with Gasteiger partial charge in [-0.2, -0.15) is 0 Å². The molecule has 0 saturated carbocycles. The number of methoxy groups -OCH3 is 1. The summed E-state index contributed by atoms with van der Waals surface area (Å²) in [5.41, 5.74) is 2.32. The molecule has 1 aromatic heterocycles. The Morgan fingerprint density at radius 2 is 2.30 bits per heavy atom. The third-order valence-electron chi connectivity index (χ3n) is 2.73. The molecule has 5 heteroatoms. The Bertz CT molecular complexity index is 548. The van der Waals surface area contributed by atoms with Crippen molar-refractivity contribution >= 4 is 13.0 Å².